The summed E-state index contributed by atoms with van der Waals surface area (Å²) in [5, 5.41) is 6.54. The molecule has 1 aliphatic rings. The van der Waals surface area contributed by atoms with Gasteiger partial charge in [-0.3, -0.25) is 19.5 Å². The molecule has 1 aromatic rings. The number of hydrazone groups is 1. The number of carbonyl (C=O) groups excluding carboxylic acids is 3. The van der Waals surface area contributed by atoms with Crippen LogP contribution in [0.1, 0.15) is 32.8 Å². The van der Waals surface area contributed by atoms with Crippen LogP contribution in [0.5, 0.6) is 0 Å². The number of aromatic nitrogens is 1. The lowest BCUT2D eigenvalue weighted by Crippen LogP contribution is -2.40. The highest BCUT2D eigenvalue weighted by atomic mass is 16.2. The lowest BCUT2D eigenvalue weighted by Gasteiger charge is -2.15. The normalized spacial score (nSPS) is 17.2. The van der Waals surface area contributed by atoms with E-state index in [0.29, 0.717) is 5.71 Å². The van der Waals surface area contributed by atoms with Crippen molar-refractivity contribution in [1.82, 2.24) is 20.6 Å². The molecule has 2 N–H and O–H groups in total. The summed E-state index contributed by atoms with van der Waals surface area (Å²) in [5.74, 6) is -0.719. The van der Waals surface area contributed by atoms with E-state index in [1.807, 2.05) is 6.07 Å². The van der Waals surface area contributed by atoms with Crippen LogP contribution in [0.25, 0.3) is 0 Å². The molecule has 1 saturated heterocycles. The van der Waals surface area contributed by atoms with Gasteiger partial charge in [0.2, 0.25) is 5.91 Å². The van der Waals surface area contributed by atoms with E-state index < -0.39 is 11.6 Å². The first-order valence-corrected chi connectivity index (χ1v) is 7.19. The third kappa shape index (κ3) is 3.91. The number of amides is 4. The summed E-state index contributed by atoms with van der Waals surface area (Å²) in [6.45, 7) is 5.00. The van der Waals surface area contributed by atoms with Crippen LogP contribution in [0.4, 0.5) is 4.79 Å². The van der Waals surface area contributed by atoms with E-state index in [2.05, 4.69) is 20.8 Å². The van der Waals surface area contributed by atoms with E-state index in [9.17, 15) is 14.4 Å². The summed E-state index contributed by atoms with van der Waals surface area (Å²) < 4.78 is 0. The Labute approximate surface area is 134 Å². The minimum atomic E-state index is -0.928. The van der Waals surface area contributed by atoms with Gasteiger partial charge in [-0.15, -0.1) is 0 Å². The first-order chi connectivity index (χ1) is 10.8. The molecule has 0 atom stereocenters. The fraction of sp³-hybridized carbons (Fsp3) is 0.400. The molecule has 2 heterocycles. The minimum absolute atomic E-state index is 0.0148. The second-order valence-corrected chi connectivity index (χ2v) is 5.74. The Hall–Kier alpha value is -2.77. The molecule has 1 aliphatic heterocycles. The van der Waals surface area contributed by atoms with E-state index in [-0.39, 0.29) is 24.8 Å². The lowest BCUT2D eigenvalue weighted by molar-refractivity contribution is -0.130. The summed E-state index contributed by atoms with van der Waals surface area (Å²) in [7, 11) is 0. The minimum Gasteiger partial charge on any atom is -0.324 e. The number of carbonyl (C=O) groups is 3. The van der Waals surface area contributed by atoms with Crippen molar-refractivity contribution in [1.29, 1.82) is 0 Å². The second kappa shape index (κ2) is 6.55. The van der Waals surface area contributed by atoms with Gasteiger partial charge in [0.05, 0.1) is 5.71 Å². The summed E-state index contributed by atoms with van der Waals surface area (Å²) in [5.41, 5.74) is 2.89. The molecule has 4 amide bonds. The van der Waals surface area contributed by atoms with Crippen LogP contribution in [-0.4, -0.2) is 45.5 Å². The predicted molar refractivity (Wildman–Crippen MR) is 83.5 cm³/mol. The largest absolute Gasteiger partial charge is 0.325 e. The average Bonchev–Trinajstić information content (AvgIpc) is 2.72. The van der Waals surface area contributed by atoms with Gasteiger partial charge in [0.15, 0.2) is 0 Å². The first-order valence-electron chi connectivity index (χ1n) is 7.19. The van der Waals surface area contributed by atoms with Gasteiger partial charge in [0.25, 0.3) is 5.91 Å². The number of pyridine rings is 1. The van der Waals surface area contributed by atoms with Crippen molar-refractivity contribution in [2.75, 3.05) is 6.54 Å². The van der Waals surface area contributed by atoms with Crippen molar-refractivity contribution in [3.63, 3.8) is 0 Å². The molecule has 2 rings (SSSR count). The summed E-state index contributed by atoms with van der Waals surface area (Å²) in [6.07, 6.45) is 3.27. The van der Waals surface area contributed by atoms with Gasteiger partial charge in [0, 0.05) is 30.9 Å². The van der Waals surface area contributed by atoms with Gasteiger partial charge >= 0.3 is 6.03 Å². The highest BCUT2D eigenvalue weighted by Gasteiger charge is 2.43. The fourth-order valence-electron chi connectivity index (χ4n) is 2.08. The molecule has 0 aliphatic carbocycles. The number of nitrogens with zero attached hydrogens (tertiary/aromatic N) is 3. The number of hydrogen-bond donors (Lipinski definition) is 2. The predicted octanol–water partition coefficient (Wildman–Crippen LogP) is 0.642. The highest BCUT2D eigenvalue weighted by molar-refractivity contribution is 6.06. The van der Waals surface area contributed by atoms with E-state index in [0.717, 1.165) is 10.5 Å². The first kappa shape index (κ1) is 16.6. The zero-order valence-electron chi connectivity index (χ0n) is 13.3. The molecule has 0 spiro atoms. The molecular weight excluding hydrogens is 298 g/mol. The van der Waals surface area contributed by atoms with Crippen LogP contribution in [0, 0.1) is 0 Å². The number of hydrogen-bond acceptors (Lipinski definition) is 5. The van der Waals surface area contributed by atoms with Crippen molar-refractivity contribution in [3.05, 3.63) is 30.1 Å². The molecule has 1 aromatic heterocycles. The molecule has 1 fully saturated rings. The Balaban J connectivity index is 1.87. The Morgan fingerprint density at radius 1 is 1.43 bits per heavy atom. The van der Waals surface area contributed by atoms with E-state index >= 15 is 0 Å². The van der Waals surface area contributed by atoms with Crippen LogP contribution >= 0.6 is 0 Å². The maximum Gasteiger partial charge on any atom is 0.325 e. The number of imide groups is 1. The number of rotatable bonds is 5. The van der Waals surface area contributed by atoms with Crippen LogP contribution in [0.2, 0.25) is 0 Å². The van der Waals surface area contributed by atoms with E-state index in [1.165, 1.54) is 0 Å². The topological polar surface area (TPSA) is 104 Å². The van der Waals surface area contributed by atoms with Crippen molar-refractivity contribution >= 4 is 23.6 Å². The van der Waals surface area contributed by atoms with Crippen LogP contribution in [-0.2, 0) is 9.59 Å². The van der Waals surface area contributed by atoms with E-state index in [1.54, 1.807) is 39.2 Å². The van der Waals surface area contributed by atoms with Crippen molar-refractivity contribution in [2.24, 2.45) is 5.10 Å². The van der Waals surface area contributed by atoms with Gasteiger partial charge in [-0.05, 0) is 26.8 Å². The molecule has 0 bridgehead atoms. The molecule has 0 unspecified atom stereocenters. The number of nitrogens with one attached hydrogen (secondary N) is 2. The molecule has 23 heavy (non-hydrogen) atoms. The SMILES string of the molecule is C/C(=N/NC(=O)CCN1C(=O)NC(C)(C)C1=O)c1cccnc1. The third-order valence-corrected chi connectivity index (χ3v) is 3.43. The zero-order chi connectivity index (χ0) is 17.0. The van der Waals surface area contributed by atoms with Crippen LogP contribution in [0.15, 0.2) is 29.6 Å². The maximum absolute atomic E-state index is 12.0. The summed E-state index contributed by atoms with van der Waals surface area (Å²) in [4.78, 5) is 40.5. The molecule has 0 saturated carbocycles. The van der Waals surface area contributed by atoms with E-state index in [4.69, 9.17) is 0 Å². The molecule has 8 heteroatoms. The van der Waals surface area contributed by atoms with Gasteiger partial charge in [0.1, 0.15) is 5.54 Å². The maximum atomic E-state index is 12.0. The Morgan fingerprint density at radius 2 is 2.17 bits per heavy atom. The number of urea groups is 1. The average molecular weight is 317 g/mol. The molecule has 0 aromatic carbocycles. The summed E-state index contributed by atoms with van der Waals surface area (Å²) >= 11 is 0. The smallest absolute Gasteiger partial charge is 0.324 e. The monoisotopic (exact) mass is 317 g/mol. The quantitative estimate of drug-likeness (QED) is 0.472. The van der Waals surface area contributed by atoms with Gasteiger partial charge in [-0.1, -0.05) is 6.07 Å². The van der Waals surface area contributed by atoms with Crippen LogP contribution in [0.3, 0.4) is 0 Å². The molecule has 8 nitrogen and oxygen atoms in total. The molecule has 0 radical (unpaired) electrons. The van der Waals surface area contributed by atoms with Crippen molar-refractivity contribution < 1.29 is 14.4 Å². The van der Waals surface area contributed by atoms with Gasteiger partial charge in [-0.2, -0.15) is 5.10 Å². The van der Waals surface area contributed by atoms with Gasteiger partial charge < -0.3 is 5.32 Å². The molecule has 122 valence electrons. The highest BCUT2D eigenvalue weighted by Crippen LogP contribution is 2.16. The van der Waals surface area contributed by atoms with Crippen LogP contribution < -0.4 is 10.7 Å². The third-order valence-electron chi connectivity index (χ3n) is 3.43. The van der Waals surface area contributed by atoms with Crippen molar-refractivity contribution in [3.8, 4) is 0 Å². The molecular formula is C15H19N5O3. The standard InChI is InChI=1S/C15H19N5O3/c1-10(11-5-4-7-16-9-11)18-19-12(21)6-8-20-13(22)15(2,3)17-14(20)23/h4-5,7,9H,6,8H2,1-3H3,(H,17,23)(H,19,21)/b18-10-. The lowest BCUT2D eigenvalue weighted by atomic mass is 10.1. The Morgan fingerprint density at radius 3 is 2.74 bits per heavy atom. The zero-order valence-corrected chi connectivity index (χ0v) is 13.3. The van der Waals surface area contributed by atoms with Crippen molar-refractivity contribution in [2.45, 2.75) is 32.7 Å². The summed E-state index contributed by atoms with van der Waals surface area (Å²) in [6, 6.07) is 3.12. The fourth-order valence-corrected chi connectivity index (χ4v) is 2.08. The van der Waals surface area contributed by atoms with Gasteiger partial charge in [-0.25, -0.2) is 10.2 Å². The second-order valence-electron chi connectivity index (χ2n) is 5.74. The Bertz CT molecular complexity index is 654. The Kier molecular flexibility index (Phi) is 4.73.